The van der Waals surface area contributed by atoms with Gasteiger partial charge in [0.1, 0.15) is 28.5 Å². The number of nitrogens with zero attached hydrogens (tertiary/aromatic N) is 4. The molecule has 10 heteroatoms. The number of aryl methyl sites for hydroxylation is 2. The lowest BCUT2D eigenvalue weighted by Crippen LogP contribution is -2.34. The van der Waals surface area contributed by atoms with Gasteiger partial charge >= 0.3 is 0 Å². The third-order valence-electron chi connectivity index (χ3n) is 6.62. The van der Waals surface area contributed by atoms with Crippen LogP contribution >= 0.6 is 11.3 Å². The first-order valence-electron chi connectivity index (χ1n) is 12.9. The largest absolute Gasteiger partial charge is 0.455 e. The third kappa shape index (κ3) is 6.25. The van der Waals surface area contributed by atoms with Crippen molar-refractivity contribution in [2.75, 3.05) is 25.0 Å². The van der Waals surface area contributed by atoms with Crippen LogP contribution in [0.2, 0.25) is 0 Å². The van der Waals surface area contributed by atoms with Crippen molar-refractivity contribution in [1.82, 2.24) is 25.2 Å². The molecule has 3 N–H and O–H groups in total. The quantitative estimate of drug-likeness (QED) is 0.261. The number of amides is 1. The minimum Gasteiger partial charge on any atom is -0.455 e. The number of thiophene rings is 1. The first-order valence-corrected chi connectivity index (χ1v) is 13.8. The van der Waals surface area contributed by atoms with E-state index in [1.807, 2.05) is 56.0 Å². The first kappa shape index (κ1) is 26.7. The van der Waals surface area contributed by atoms with Crippen LogP contribution in [0, 0.1) is 13.8 Å². The van der Waals surface area contributed by atoms with E-state index in [0.717, 1.165) is 50.0 Å². The van der Waals surface area contributed by atoms with E-state index in [9.17, 15) is 4.79 Å². The summed E-state index contributed by atoms with van der Waals surface area (Å²) in [7, 11) is 0. The van der Waals surface area contributed by atoms with Crippen LogP contribution in [0.15, 0.2) is 55.0 Å². The lowest BCUT2D eigenvalue weighted by Gasteiger charge is -2.26. The van der Waals surface area contributed by atoms with Crippen LogP contribution in [0.1, 0.15) is 28.6 Å². The SMILES string of the molecule is Cc1ccc(Oc2ccc(Nc3ncnc4sc5c(c34)CCN(C(=O)/C=C/CN[C@@H](C)CO)C5)cc2C)cn1. The molecule has 4 heterocycles. The van der Waals surface area contributed by atoms with Crippen LogP contribution in [0.5, 0.6) is 11.5 Å². The summed E-state index contributed by atoms with van der Waals surface area (Å²) in [6.07, 6.45) is 7.45. The van der Waals surface area contributed by atoms with E-state index in [-0.39, 0.29) is 18.6 Å². The summed E-state index contributed by atoms with van der Waals surface area (Å²) in [5, 5.41) is 16.7. The molecule has 5 rings (SSSR count). The average molecular weight is 545 g/mol. The van der Waals surface area contributed by atoms with Crippen molar-refractivity contribution < 1.29 is 14.6 Å². The maximum atomic E-state index is 12.7. The molecule has 1 atom stereocenters. The van der Waals surface area contributed by atoms with Crippen molar-refractivity contribution >= 4 is 39.0 Å². The van der Waals surface area contributed by atoms with Crippen LogP contribution in [-0.4, -0.2) is 56.6 Å². The predicted octanol–water partition coefficient (Wildman–Crippen LogP) is 4.65. The molecule has 0 spiro atoms. The van der Waals surface area contributed by atoms with E-state index in [4.69, 9.17) is 9.84 Å². The highest BCUT2D eigenvalue weighted by Gasteiger charge is 2.25. The topological polar surface area (TPSA) is 112 Å². The highest BCUT2D eigenvalue weighted by molar-refractivity contribution is 7.19. The number of pyridine rings is 1. The zero-order chi connectivity index (χ0) is 27.4. The maximum absolute atomic E-state index is 12.7. The number of hydrogen-bond donors (Lipinski definition) is 3. The van der Waals surface area contributed by atoms with Gasteiger partial charge in [-0.2, -0.15) is 0 Å². The second-order valence-corrected chi connectivity index (χ2v) is 10.7. The molecule has 0 unspecified atom stereocenters. The molecule has 0 bridgehead atoms. The summed E-state index contributed by atoms with van der Waals surface area (Å²) in [5.41, 5.74) is 4.04. The molecule has 0 saturated heterocycles. The number of anilines is 2. The smallest absolute Gasteiger partial charge is 0.246 e. The molecular weight excluding hydrogens is 512 g/mol. The van der Waals surface area contributed by atoms with Crippen molar-refractivity contribution in [3.05, 3.63) is 76.7 Å². The lowest BCUT2D eigenvalue weighted by atomic mass is 10.0. The van der Waals surface area contributed by atoms with Gasteiger partial charge in [-0.1, -0.05) is 6.08 Å². The highest BCUT2D eigenvalue weighted by atomic mass is 32.1. The molecule has 9 nitrogen and oxygen atoms in total. The number of ether oxygens (including phenoxy) is 1. The van der Waals surface area contributed by atoms with Crippen LogP contribution < -0.4 is 15.4 Å². The van der Waals surface area contributed by atoms with E-state index < -0.39 is 0 Å². The van der Waals surface area contributed by atoms with Crippen molar-refractivity contribution in [3.8, 4) is 11.5 Å². The molecule has 39 heavy (non-hydrogen) atoms. The number of aromatic nitrogens is 3. The molecule has 0 saturated carbocycles. The minimum absolute atomic E-state index is 0.00355. The molecule has 0 radical (unpaired) electrons. The second kappa shape index (κ2) is 11.9. The number of nitrogens with one attached hydrogen (secondary N) is 2. The van der Waals surface area contributed by atoms with Crippen LogP contribution in [-0.2, 0) is 17.8 Å². The highest BCUT2D eigenvalue weighted by Crippen LogP contribution is 2.38. The molecule has 0 fully saturated rings. The van der Waals surface area contributed by atoms with E-state index >= 15 is 0 Å². The van der Waals surface area contributed by atoms with Gasteiger partial charge in [0.25, 0.3) is 0 Å². The Labute approximate surface area is 231 Å². The number of hydrogen-bond acceptors (Lipinski definition) is 9. The minimum atomic E-state index is -0.0137. The van der Waals surface area contributed by atoms with Crippen molar-refractivity contribution in [2.24, 2.45) is 0 Å². The normalized spacial score (nSPS) is 14.0. The predicted molar refractivity (Wildman–Crippen MR) is 154 cm³/mol. The number of fused-ring (bicyclic) bond motifs is 3. The Morgan fingerprint density at radius 2 is 2.10 bits per heavy atom. The first-order chi connectivity index (χ1) is 18.9. The monoisotopic (exact) mass is 544 g/mol. The fourth-order valence-electron chi connectivity index (χ4n) is 4.43. The molecular formula is C29H32N6O3S. The zero-order valence-electron chi connectivity index (χ0n) is 22.3. The van der Waals surface area contributed by atoms with Crippen molar-refractivity contribution in [1.29, 1.82) is 0 Å². The van der Waals surface area contributed by atoms with Gasteiger partial charge in [0.2, 0.25) is 5.91 Å². The van der Waals surface area contributed by atoms with Crippen LogP contribution in [0.3, 0.4) is 0 Å². The number of benzene rings is 1. The van der Waals surface area contributed by atoms with Crippen molar-refractivity contribution in [2.45, 2.75) is 39.8 Å². The number of carbonyl (C=O) groups excluding carboxylic acids is 1. The Bertz CT molecular complexity index is 1500. The molecule has 0 aliphatic carbocycles. The Morgan fingerprint density at radius 3 is 2.87 bits per heavy atom. The number of rotatable bonds is 9. The molecule has 1 aromatic carbocycles. The fourth-order valence-corrected chi connectivity index (χ4v) is 5.63. The van der Waals surface area contributed by atoms with Crippen LogP contribution in [0.25, 0.3) is 10.2 Å². The Kier molecular flexibility index (Phi) is 8.16. The molecule has 3 aromatic heterocycles. The molecule has 1 amide bonds. The molecule has 1 aliphatic rings. The number of carbonyl (C=O) groups is 1. The van der Waals surface area contributed by atoms with Gasteiger partial charge in [0, 0.05) is 41.5 Å². The van der Waals surface area contributed by atoms with E-state index in [0.29, 0.717) is 25.4 Å². The Balaban J connectivity index is 1.30. The molecule has 1 aliphatic heterocycles. The number of aliphatic hydroxyl groups is 1. The molecule has 4 aromatic rings. The van der Waals surface area contributed by atoms with Gasteiger partial charge in [-0.25, -0.2) is 9.97 Å². The summed E-state index contributed by atoms with van der Waals surface area (Å²) in [4.78, 5) is 30.0. The summed E-state index contributed by atoms with van der Waals surface area (Å²) in [5.74, 6) is 2.21. The summed E-state index contributed by atoms with van der Waals surface area (Å²) in [6.45, 7) is 7.63. The van der Waals surface area contributed by atoms with E-state index in [1.165, 1.54) is 5.56 Å². The average Bonchev–Trinajstić information content (AvgIpc) is 3.32. The lowest BCUT2D eigenvalue weighted by molar-refractivity contribution is -0.126. The van der Waals surface area contributed by atoms with Gasteiger partial charge in [0.15, 0.2) is 0 Å². The van der Waals surface area contributed by atoms with Gasteiger partial charge in [-0.3, -0.25) is 9.78 Å². The van der Waals surface area contributed by atoms with Gasteiger partial charge < -0.3 is 25.4 Å². The Hall–Kier alpha value is -3.86. The third-order valence-corrected chi connectivity index (χ3v) is 7.74. The standard InChI is InChI=1S/C29H32N6O3S/c1-18-13-21(7-9-24(18)38-22-8-6-19(2)31-14-22)34-28-27-23-10-12-35(15-25(23)39-29(27)33-17-32-28)26(37)5-4-11-30-20(3)16-36/h4-9,13-14,17,20,30,36H,10-12,15-16H2,1-3H3,(H,32,33,34)/b5-4+/t20-/m0/s1. The summed E-state index contributed by atoms with van der Waals surface area (Å²) >= 11 is 1.61. The van der Waals surface area contributed by atoms with Gasteiger partial charge in [-0.05, 0) is 68.7 Å². The summed E-state index contributed by atoms with van der Waals surface area (Å²) in [6, 6.07) is 9.78. The zero-order valence-corrected chi connectivity index (χ0v) is 23.1. The van der Waals surface area contributed by atoms with E-state index in [2.05, 4.69) is 25.6 Å². The van der Waals surface area contributed by atoms with Crippen LogP contribution in [0.4, 0.5) is 11.5 Å². The Morgan fingerprint density at radius 1 is 1.23 bits per heavy atom. The van der Waals surface area contributed by atoms with Crippen molar-refractivity contribution in [3.63, 3.8) is 0 Å². The maximum Gasteiger partial charge on any atom is 0.246 e. The van der Waals surface area contributed by atoms with Gasteiger partial charge in [0.05, 0.1) is 24.7 Å². The number of aliphatic hydroxyl groups excluding tert-OH is 1. The molecule has 202 valence electrons. The van der Waals surface area contributed by atoms with E-state index in [1.54, 1.807) is 36.0 Å². The second-order valence-electron chi connectivity index (χ2n) is 9.65. The fraction of sp³-hybridized carbons (Fsp3) is 0.310. The summed E-state index contributed by atoms with van der Waals surface area (Å²) < 4.78 is 6.01. The van der Waals surface area contributed by atoms with Gasteiger partial charge in [-0.15, -0.1) is 11.3 Å².